The van der Waals surface area contributed by atoms with Gasteiger partial charge in [0.2, 0.25) is 0 Å². The van der Waals surface area contributed by atoms with Gasteiger partial charge >= 0.3 is 12.1 Å². The Hall–Kier alpha value is -2.24. The zero-order valence-corrected chi connectivity index (χ0v) is 9.82. The van der Waals surface area contributed by atoms with Crippen molar-refractivity contribution in [2.45, 2.75) is 24.9 Å². The predicted molar refractivity (Wildman–Crippen MR) is 57.0 cm³/mol. The van der Waals surface area contributed by atoms with Crippen molar-refractivity contribution in [3.05, 3.63) is 30.0 Å². The van der Waals surface area contributed by atoms with Crippen molar-refractivity contribution in [2.75, 3.05) is 0 Å². The molecule has 20 heavy (non-hydrogen) atoms. The second-order valence-corrected chi connectivity index (χ2v) is 4.04. The molecule has 0 aliphatic carbocycles. The van der Waals surface area contributed by atoms with Gasteiger partial charge in [-0.15, -0.1) is 0 Å². The van der Waals surface area contributed by atoms with E-state index in [2.05, 4.69) is 9.97 Å². The maximum Gasteiger partial charge on any atom is 0.453 e. The zero-order chi connectivity index (χ0) is 15.0. The van der Waals surface area contributed by atoms with E-state index < -0.39 is 24.9 Å². The highest BCUT2D eigenvalue weighted by atomic mass is 19.4. The van der Waals surface area contributed by atoms with E-state index in [1.165, 1.54) is 23.0 Å². The maximum atomic E-state index is 12.9. The summed E-state index contributed by atoms with van der Waals surface area (Å²) in [6.07, 6.45) is -3.60. The molecule has 0 amide bonds. The van der Waals surface area contributed by atoms with Crippen molar-refractivity contribution in [3.8, 4) is 6.07 Å². The Kier molecular flexibility index (Phi) is 3.33. The Morgan fingerprint density at radius 2 is 1.95 bits per heavy atom. The van der Waals surface area contributed by atoms with E-state index in [4.69, 9.17) is 5.26 Å². The lowest BCUT2D eigenvalue weighted by Gasteiger charge is -2.19. The van der Waals surface area contributed by atoms with Crippen LogP contribution in [0.3, 0.4) is 0 Å². The third-order valence-electron chi connectivity index (χ3n) is 2.65. The lowest BCUT2D eigenvalue weighted by Crippen LogP contribution is -2.36. The van der Waals surface area contributed by atoms with Gasteiger partial charge in [0, 0.05) is 25.0 Å². The molecule has 2 aromatic rings. The number of nitriles is 1. The third kappa shape index (κ3) is 2.54. The van der Waals surface area contributed by atoms with Gasteiger partial charge in [0.05, 0.1) is 5.69 Å². The number of halogens is 5. The molecule has 2 heterocycles. The minimum atomic E-state index is -5.59. The Morgan fingerprint density at radius 1 is 1.25 bits per heavy atom. The average Bonchev–Trinajstić information content (AvgIpc) is 2.78. The second-order valence-electron chi connectivity index (χ2n) is 4.04. The van der Waals surface area contributed by atoms with Gasteiger partial charge in [-0.3, -0.25) is 4.98 Å². The van der Waals surface area contributed by atoms with E-state index in [0.717, 1.165) is 0 Å². The minimum Gasteiger partial charge on any atom is -0.303 e. The van der Waals surface area contributed by atoms with Crippen LogP contribution in [0.1, 0.15) is 17.8 Å². The summed E-state index contributed by atoms with van der Waals surface area (Å²) < 4.78 is 63.3. The highest BCUT2D eigenvalue weighted by Gasteiger charge is 2.56. The lowest BCUT2D eigenvalue weighted by molar-refractivity contribution is -0.284. The first kappa shape index (κ1) is 14.2. The van der Waals surface area contributed by atoms with Crippen molar-refractivity contribution in [1.82, 2.24) is 14.4 Å². The van der Waals surface area contributed by atoms with Crippen molar-refractivity contribution in [2.24, 2.45) is 0 Å². The Bertz CT molecular complexity index is 667. The van der Waals surface area contributed by atoms with Crippen molar-refractivity contribution in [3.63, 3.8) is 0 Å². The molecule has 4 nitrogen and oxygen atoms in total. The highest BCUT2D eigenvalue weighted by Crippen LogP contribution is 2.38. The van der Waals surface area contributed by atoms with Crippen LogP contribution in [0, 0.1) is 11.3 Å². The van der Waals surface area contributed by atoms with Gasteiger partial charge in [0.15, 0.2) is 11.3 Å². The molecule has 0 aliphatic rings. The normalized spacial score (nSPS) is 12.6. The Balaban J connectivity index is 2.27. The molecular formula is C11H7F5N4. The molecule has 0 atom stereocenters. The molecule has 0 N–H and O–H groups in total. The van der Waals surface area contributed by atoms with E-state index in [1.807, 2.05) is 0 Å². The van der Waals surface area contributed by atoms with Gasteiger partial charge < -0.3 is 4.40 Å². The smallest absolute Gasteiger partial charge is 0.303 e. The molecule has 0 saturated heterocycles. The number of hydrogen-bond acceptors (Lipinski definition) is 3. The van der Waals surface area contributed by atoms with Crippen molar-refractivity contribution >= 4 is 5.65 Å². The molecule has 0 aliphatic heterocycles. The molecule has 2 rings (SSSR count). The van der Waals surface area contributed by atoms with Gasteiger partial charge in [-0.05, 0) is 6.42 Å². The van der Waals surface area contributed by atoms with Crippen LogP contribution in [-0.4, -0.2) is 26.5 Å². The fourth-order valence-electron chi connectivity index (χ4n) is 1.62. The topological polar surface area (TPSA) is 54.0 Å². The number of rotatable bonds is 3. The SMILES string of the molecule is N#Cc1cn2ccnc(CCC(F)(F)C(F)(F)F)c2n1. The molecule has 9 heteroatoms. The predicted octanol–water partition coefficient (Wildman–Crippen LogP) is 2.73. The first-order valence-electron chi connectivity index (χ1n) is 5.42. The number of nitrogens with zero attached hydrogens (tertiary/aromatic N) is 4. The van der Waals surface area contributed by atoms with Crippen LogP contribution >= 0.6 is 0 Å². The number of hydrogen-bond donors (Lipinski definition) is 0. The van der Waals surface area contributed by atoms with E-state index in [0.29, 0.717) is 0 Å². The van der Waals surface area contributed by atoms with Gasteiger partial charge in [-0.1, -0.05) is 0 Å². The van der Waals surface area contributed by atoms with Gasteiger partial charge in [-0.2, -0.15) is 27.2 Å². The fourth-order valence-corrected chi connectivity index (χ4v) is 1.62. The van der Waals surface area contributed by atoms with Crippen LogP contribution in [0.15, 0.2) is 18.6 Å². The molecule has 0 spiro atoms. The summed E-state index contributed by atoms with van der Waals surface area (Å²) in [5.41, 5.74) is 0.113. The van der Waals surface area contributed by atoms with Crippen LogP contribution in [0.4, 0.5) is 22.0 Å². The quantitative estimate of drug-likeness (QED) is 0.817. The maximum absolute atomic E-state index is 12.9. The van der Waals surface area contributed by atoms with E-state index in [9.17, 15) is 22.0 Å². The summed E-state index contributed by atoms with van der Waals surface area (Å²) in [6, 6.07) is 1.75. The van der Waals surface area contributed by atoms with E-state index in [-0.39, 0.29) is 17.0 Å². The molecule has 106 valence electrons. The first-order chi connectivity index (χ1) is 9.24. The molecule has 0 radical (unpaired) electrons. The molecule has 0 fully saturated rings. The zero-order valence-electron chi connectivity index (χ0n) is 9.82. The molecular weight excluding hydrogens is 283 g/mol. The van der Waals surface area contributed by atoms with E-state index >= 15 is 0 Å². The van der Waals surface area contributed by atoms with Crippen LogP contribution < -0.4 is 0 Å². The van der Waals surface area contributed by atoms with Crippen molar-refractivity contribution < 1.29 is 22.0 Å². The fraction of sp³-hybridized carbons (Fsp3) is 0.364. The van der Waals surface area contributed by atoms with Crippen LogP contribution in [0.2, 0.25) is 0 Å². The highest BCUT2D eigenvalue weighted by molar-refractivity contribution is 5.47. The molecule has 0 saturated carbocycles. The molecule has 0 unspecified atom stereocenters. The monoisotopic (exact) mass is 290 g/mol. The first-order valence-corrected chi connectivity index (χ1v) is 5.42. The van der Waals surface area contributed by atoms with Crippen LogP contribution in [-0.2, 0) is 6.42 Å². The summed E-state index contributed by atoms with van der Waals surface area (Å²) >= 11 is 0. The average molecular weight is 290 g/mol. The van der Waals surface area contributed by atoms with Crippen LogP contribution in [0.25, 0.3) is 5.65 Å². The van der Waals surface area contributed by atoms with Gasteiger partial charge in [0.25, 0.3) is 0 Å². The van der Waals surface area contributed by atoms with Crippen molar-refractivity contribution in [1.29, 1.82) is 5.26 Å². The number of imidazole rings is 1. The summed E-state index contributed by atoms with van der Waals surface area (Å²) in [7, 11) is 0. The Labute approximate surface area is 109 Å². The molecule has 0 aromatic carbocycles. The lowest BCUT2D eigenvalue weighted by atomic mass is 10.1. The number of aromatic nitrogens is 3. The largest absolute Gasteiger partial charge is 0.453 e. The Morgan fingerprint density at radius 3 is 2.55 bits per heavy atom. The van der Waals surface area contributed by atoms with E-state index in [1.54, 1.807) is 6.07 Å². The summed E-state index contributed by atoms with van der Waals surface area (Å²) in [5.74, 6) is -4.79. The summed E-state index contributed by atoms with van der Waals surface area (Å²) in [6.45, 7) is 0. The standard InChI is InChI=1S/C11H7F5N4/c12-10(13,11(14,15)16)2-1-8-9-19-7(5-17)6-20(9)4-3-18-8/h3-4,6H,1-2H2. The van der Waals surface area contributed by atoms with Gasteiger partial charge in [0.1, 0.15) is 6.07 Å². The molecule has 2 aromatic heterocycles. The number of aryl methyl sites for hydroxylation is 1. The minimum absolute atomic E-state index is 0.0158. The molecule has 0 bridgehead atoms. The number of alkyl halides is 5. The van der Waals surface area contributed by atoms with Gasteiger partial charge in [-0.25, -0.2) is 4.98 Å². The summed E-state index contributed by atoms with van der Waals surface area (Å²) in [4.78, 5) is 7.55. The number of fused-ring (bicyclic) bond motifs is 1. The summed E-state index contributed by atoms with van der Waals surface area (Å²) in [5, 5.41) is 8.68. The van der Waals surface area contributed by atoms with Crippen LogP contribution in [0.5, 0.6) is 0 Å². The second kappa shape index (κ2) is 4.70. The third-order valence-corrected chi connectivity index (χ3v) is 2.65.